The Hall–Kier alpha value is -4.33. The number of halogens is 1. The number of aliphatic hydroxyl groups is 1. The molecule has 9 nitrogen and oxygen atoms in total. The first kappa shape index (κ1) is 25.8. The summed E-state index contributed by atoms with van der Waals surface area (Å²) in [6.45, 7) is 2.80. The molecule has 37 heavy (non-hydrogen) atoms. The largest absolute Gasteiger partial charge is 0.387 e. The fourth-order valence-electron chi connectivity index (χ4n) is 3.67. The molecule has 1 unspecified atom stereocenters. The number of aromatic nitrogens is 3. The van der Waals surface area contributed by atoms with Crippen molar-refractivity contribution in [2.45, 2.75) is 32.2 Å². The molecule has 3 N–H and O–H groups in total. The summed E-state index contributed by atoms with van der Waals surface area (Å²) in [5, 5.41) is 29.1. The van der Waals surface area contributed by atoms with Gasteiger partial charge in [-0.15, -0.1) is 0 Å². The molecule has 0 spiro atoms. The zero-order chi connectivity index (χ0) is 26.6. The molecule has 3 heterocycles. The summed E-state index contributed by atoms with van der Waals surface area (Å²) in [6, 6.07) is 16.7. The van der Waals surface area contributed by atoms with Gasteiger partial charge in [0.15, 0.2) is 0 Å². The minimum atomic E-state index is -1.65. The van der Waals surface area contributed by atoms with E-state index < -0.39 is 17.7 Å². The lowest BCUT2D eigenvalue weighted by Gasteiger charge is -2.22. The Kier molecular flexibility index (Phi) is 7.47. The van der Waals surface area contributed by atoms with Crippen LogP contribution in [-0.2, 0) is 11.3 Å². The lowest BCUT2D eigenvalue weighted by Crippen LogP contribution is -2.42. The molecule has 0 bridgehead atoms. The molecule has 0 aliphatic rings. The first-order valence-corrected chi connectivity index (χ1v) is 11.6. The molecule has 0 saturated heterocycles. The van der Waals surface area contributed by atoms with Gasteiger partial charge in [-0.2, -0.15) is 10.4 Å². The van der Waals surface area contributed by atoms with Gasteiger partial charge in [0.05, 0.1) is 58.7 Å². The second-order valence-electron chi connectivity index (χ2n) is 9.11. The predicted octanol–water partition coefficient (Wildman–Crippen LogP) is 4.00. The molecular weight excluding hydrogens is 475 g/mol. The molecule has 0 aliphatic heterocycles. The molecule has 0 fully saturated rings. The van der Waals surface area contributed by atoms with Crippen LogP contribution in [0.1, 0.15) is 35.3 Å². The Morgan fingerprint density at radius 2 is 1.97 bits per heavy atom. The number of nitriles is 1. The Balaban J connectivity index is 1.69. The molecule has 4 aromatic rings. The third kappa shape index (κ3) is 5.91. The van der Waals surface area contributed by atoms with E-state index in [4.69, 9.17) is 10.00 Å². The third-order valence-electron chi connectivity index (χ3n) is 5.79. The van der Waals surface area contributed by atoms with E-state index in [9.17, 15) is 14.3 Å². The van der Waals surface area contributed by atoms with E-state index in [-0.39, 0.29) is 12.1 Å². The molecule has 1 amide bonds. The number of fused-ring (bicyclic) bond motifs is 1. The SMILES string of the molecule is COCc1ccc(Nc2cc(-c3ccc4cc(C#N)cnn34)ncc2C(=O)NCC(F)C(C)(C)O)cc1. The summed E-state index contributed by atoms with van der Waals surface area (Å²) in [4.78, 5) is 17.5. The summed E-state index contributed by atoms with van der Waals surface area (Å²) in [5.74, 6) is -0.541. The summed E-state index contributed by atoms with van der Waals surface area (Å²) < 4.78 is 21.1. The van der Waals surface area contributed by atoms with Crippen LogP contribution in [0.3, 0.4) is 0 Å². The van der Waals surface area contributed by atoms with Crippen molar-refractivity contribution in [3.8, 4) is 17.5 Å². The van der Waals surface area contributed by atoms with Gasteiger partial charge in [0.2, 0.25) is 0 Å². The number of alkyl halides is 1. The van der Waals surface area contributed by atoms with Crippen LogP contribution in [0.4, 0.5) is 15.8 Å². The van der Waals surface area contributed by atoms with Gasteiger partial charge in [-0.25, -0.2) is 8.91 Å². The maximum absolute atomic E-state index is 14.3. The number of nitrogens with one attached hydrogen (secondary N) is 2. The summed E-state index contributed by atoms with van der Waals surface area (Å²) in [7, 11) is 1.62. The van der Waals surface area contributed by atoms with E-state index in [1.54, 1.807) is 23.8 Å². The predicted molar refractivity (Wildman–Crippen MR) is 137 cm³/mol. The monoisotopic (exact) mass is 502 g/mol. The van der Waals surface area contributed by atoms with Crippen LogP contribution in [0.25, 0.3) is 16.9 Å². The van der Waals surface area contributed by atoms with Crippen LogP contribution in [0.2, 0.25) is 0 Å². The highest BCUT2D eigenvalue weighted by Crippen LogP contribution is 2.28. The number of benzene rings is 1. The number of amides is 1. The molecule has 0 aliphatic carbocycles. The number of hydrogen-bond donors (Lipinski definition) is 3. The molecule has 1 aromatic carbocycles. The lowest BCUT2D eigenvalue weighted by atomic mass is 10.0. The van der Waals surface area contributed by atoms with Crippen LogP contribution in [-0.4, -0.2) is 51.0 Å². The Morgan fingerprint density at radius 3 is 2.65 bits per heavy atom. The third-order valence-corrected chi connectivity index (χ3v) is 5.79. The van der Waals surface area contributed by atoms with E-state index in [0.717, 1.165) is 16.8 Å². The van der Waals surface area contributed by atoms with Gasteiger partial charge in [-0.1, -0.05) is 12.1 Å². The van der Waals surface area contributed by atoms with Crippen LogP contribution in [0.5, 0.6) is 0 Å². The standard InChI is InChI=1S/C27H27FN6O3/c1-27(2,36)25(28)15-31-26(35)21-14-30-23(24-9-8-20-10-18(12-29)13-32-34(20)24)11-22(21)33-19-6-4-17(5-7-19)16-37-3/h4-11,13-14,25,36H,15-16H2,1-3H3,(H,30,33)(H,31,35). The zero-order valence-electron chi connectivity index (χ0n) is 20.7. The van der Waals surface area contributed by atoms with Gasteiger partial charge in [-0.05, 0) is 55.8 Å². The molecule has 10 heteroatoms. The maximum atomic E-state index is 14.3. The normalized spacial score (nSPS) is 12.2. The minimum absolute atomic E-state index is 0.202. The number of nitrogens with zero attached hydrogens (tertiary/aromatic N) is 4. The topological polar surface area (TPSA) is 125 Å². The van der Waals surface area contributed by atoms with Crippen molar-refractivity contribution < 1.29 is 19.0 Å². The Morgan fingerprint density at radius 1 is 1.22 bits per heavy atom. The summed E-state index contributed by atoms with van der Waals surface area (Å²) in [6.07, 6.45) is 1.23. The number of methoxy groups -OCH3 is 1. The molecule has 0 radical (unpaired) electrons. The van der Waals surface area contributed by atoms with Gasteiger partial charge in [-0.3, -0.25) is 9.78 Å². The van der Waals surface area contributed by atoms with Gasteiger partial charge >= 0.3 is 0 Å². The van der Waals surface area contributed by atoms with E-state index >= 15 is 0 Å². The maximum Gasteiger partial charge on any atom is 0.255 e. The van der Waals surface area contributed by atoms with E-state index in [1.807, 2.05) is 36.4 Å². The van der Waals surface area contributed by atoms with Crippen molar-refractivity contribution in [3.63, 3.8) is 0 Å². The van der Waals surface area contributed by atoms with E-state index in [2.05, 4.69) is 26.8 Å². The van der Waals surface area contributed by atoms with Crippen LogP contribution >= 0.6 is 0 Å². The van der Waals surface area contributed by atoms with Crippen molar-refractivity contribution in [1.29, 1.82) is 5.26 Å². The smallest absolute Gasteiger partial charge is 0.255 e. The highest BCUT2D eigenvalue weighted by Gasteiger charge is 2.27. The van der Waals surface area contributed by atoms with Gasteiger partial charge in [0, 0.05) is 19.0 Å². The average Bonchev–Trinajstić information content (AvgIpc) is 3.31. The van der Waals surface area contributed by atoms with E-state index in [1.165, 1.54) is 26.2 Å². The van der Waals surface area contributed by atoms with Crippen LogP contribution in [0.15, 0.2) is 60.9 Å². The van der Waals surface area contributed by atoms with Gasteiger partial charge < -0.3 is 20.5 Å². The average molecular weight is 503 g/mol. The zero-order valence-corrected chi connectivity index (χ0v) is 20.7. The molecule has 0 saturated carbocycles. The highest BCUT2D eigenvalue weighted by molar-refractivity contribution is 6.00. The number of carbonyl (C=O) groups is 1. The molecule has 1 atom stereocenters. The number of ether oxygens (including phenoxy) is 1. The van der Waals surface area contributed by atoms with Crippen molar-refractivity contribution >= 4 is 22.8 Å². The van der Waals surface area contributed by atoms with E-state index in [0.29, 0.717) is 29.2 Å². The number of pyridine rings is 1. The quantitative estimate of drug-likeness (QED) is 0.316. The second-order valence-corrected chi connectivity index (χ2v) is 9.11. The summed E-state index contributed by atoms with van der Waals surface area (Å²) >= 11 is 0. The Bertz CT molecular complexity index is 1450. The number of rotatable bonds is 9. The molecule has 190 valence electrons. The first-order valence-electron chi connectivity index (χ1n) is 11.6. The fourth-order valence-corrected chi connectivity index (χ4v) is 3.67. The molecule has 4 rings (SSSR count). The fraction of sp³-hybridized carbons (Fsp3) is 0.259. The Labute approximate surface area is 213 Å². The number of anilines is 2. The first-order chi connectivity index (χ1) is 17.7. The van der Waals surface area contributed by atoms with Crippen LogP contribution < -0.4 is 10.6 Å². The number of carbonyl (C=O) groups excluding carboxylic acids is 1. The molecule has 3 aromatic heterocycles. The van der Waals surface area contributed by atoms with Crippen LogP contribution in [0, 0.1) is 11.3 Å². The second kappa shape index (κ2) is 10.7. The van der Waals surface area contributed by atoms with Crippen molar-refractivity contribution in [1.82, 2.24) is 19.9 Å². The van der Waals surface area contributed by atoms with Crippen molar-refractivity contribution in [3.05, 3.63) is 77.6 Å². The van der Waals surface area contributed by atoms with Crippen molar-refractivity contribution in [2.75, 3.05) is 19.0 Å². The summed E-state index contributed by atoms with van der Waals surface area (Å²) in [5.41, 5.74) is 3.14. The van der Waals surface area contributed by atoms with Gasteiger partial charge in [0.25, 0.3) is 5.91 Å². The molecular formula is C27H27FN6O3. The van der Waals surface area contributed by atoms with Crippen molar-refractivity contribution in [2.24, 2.45) is 0 Å². The number of hydrogen-bond acceptors (Lipinski definition) is 7. The highest BCUT2D eigenvalue weighted by atomic mass is 19.1. The van der Waals surface area contributed by atoms with Gasteiger partial charge in [0.1, 0.15) is 12.2 Å². The minimum Gasteiger partial charge on any atom is -0.387 e. The lowest BCUT2D eigenvalue weighted by molar-refractivity contribution is -0.00177.